The Balaban J connectivity index is 1.65. The number of ether oxygens (including phenoxy) is 1. The topological polar surface area (TPSA) is 32.8 Å². The zero-order valence-electron chi connectivity index (χ0n) is 13.4. The number of likely N-dealkylation sites (tertiary alicyclic amines) is 1. The van der Waals surface area contributed by atoms with E-state index < -0.39 is 0 Å². The minimum atomic E-state index is 0.295. The molecule has 22 heavy (non-hydrogen) atoms. The maximum atomic E-state index is 12.9. The summed E-state index contributed by atoms with van der Waals surface area (Å²) in [6.07, 6.45) is 3.84. The summed E-state index contributed by atoms with van der Waals surface area (Å²) in [6.45, 7) is 4.72. The second-order valence-corrected chi connectivity index (χ2v) is 7.60. The number of nitrogens with zero attached hydrogens (tertiary/aromatic N) is 2. The number of amides is 1. The molecule has 0 N–H and O–H groups in total. The number of thiophene rings is 1. The van der Waals surface area contributed by atoms with Crippen molar-refractivity contribution in [3.63, 3.8) is 0 Å². The van der Waals surface area contributed by atoms with Gasteiger partial charge in [-0.3, -0.25) is 4.79 Å². The first kappa shape index (κ1) is 16.0. The minimum absolute atomic E-state index is 0.295. The van der Waals surface area contributed by atoms with Crippen molar-refractivity contribution in [2.24, 2.45) is 5.92 Å². The highest BCUT2D eigenvalue weighted by molar-refractivity contribution is 7.10. The van der Waals surface area contributed by atoms with Crippen molar-refractivity contribution in [2.75, 3.05) is 39.9 Å². The van der Waals surface area contributed by atoms with Crippen LogP contribution in [-0.2, 0) is 16.0 Å². The molecular weight excluding hydrogens is 296 g/mol. The van der Waals surface area contributed by atoms with Gasteiger partial charge in [-0.1, -0.05) is 6.07 Å². The Morgan fingerprint density at radius 3 is 2.86 bits per heavy atom. The molecule has 1 aromatic rings. The predicted molar refractivity (Wildman–Crippen MR) is 89.2 cm³/mol. The Morgan fingerprint density at radius 2 is 2.23 bits per heavy atom. The van der Waals surface area contributed by atoms with Gasteiger partial charge in [0.15, 0.2) is 0 Å². The Labute approximate surface area is 137 Å². The van der Waals surface area contributed by atoms with Gasteiger partial charge in [0.05, 0.1) is 13.0 Å². The average Bonchev–Trinajstić information content (AvgIpc) is 3.19. The van der Waals surface area contributed by atoms with Crippen LogP contribution >= 0.6 is 11.3 Å². The fraction of sp³-hybridized carbons (Fsp3) is 0.706. The van der Waals surface area contributed by atoms with E-state index in [9.17, 15) is 4.79 Å². The highest BCUT2D eigenvalue weighted by Crippen LogP contribution is 2.22. The van der Waals surface area contributed by atoms with Crippen LogP contribution in [0.3, 0.4) is 0 Å². The third kappa shape index (κ3) is 4.09. The van der Waals surface area contributed by atoms with Crippen molar-refractivity contribution in [3.8, 4) is 0 Å². The number of hydrogen-bond donors (Lipinski definition) is 0. The summed E-state index contributed by atoms with van der Waals surface area (Å²) in [4.78, 5) is 18.6. The van der Waals surface area contributed by atoms with Gasteiger partial charge in [-0.05, 0) is 50.8 Å². The van der Waals surface area contributed by atoms with Crippen molar-refractivity contribution in [1.82, 2.24) is 9.80 Å². The molecule has 1 aromatic heterocycles. The van der Waals surface area contributed by atoms with Crippen molar-refractivity contribution >= 4 is 17.2 Å². The van der Waals surface area contributed by atoms with E-state index in [-0.39, 0.29) is 0 Å². The molecule has 3 heterocycles. The van der Waals surface area contributed by atoms with E-state index in [0.29, 0.717) is 24.3 Å². The van der Waals surface area contributed by atoms with Gasteiger partial charge in [0.2, 0.25) is 5.91 Å². The quantitative estimate of drug-likeness (QED) is 0.833. The fourth-order valence-electron chi connectivity index (χ4n) is 3.43. The van der Waals surface area contributed by atoms with Gasteiger partial charge < -0.3 is 14.5 Å². The zero-order valence-corrected chi connectivity index (χ0v) is 14.2. The lowest BCUT2D eigenvalue weighted by Crippen LogP contribution is -2.48. The van der Waals surface area contributed by atoms with Gasteiger partial charge >= 0.3 is 0 Å². The maximum absolute atomic E-state index is 12.9. The number of piperidine rings is 1. The van der Waals surface area contributed by atoms with Crippen LogP contribution in [0, 0.1) is 5.92 Å². The van der Waals surface area contributed by atoms with E-state index in [2.05, 4.69) is 22.9 Å². The van der Waals surface area contributed by atoms with E-state index in [0.717, 1.165) is 52.1 Å². The molecule has 2 aliphatic heterocycles. The minimum Gasteiger partial charge on any atom is -0.381 e. The molecule has 0 bridgehead atoms. The largest absolute Gasteiger partial charge is 0.381 e. The molecule has 0 saturated carbocycles. The van der Waals surface area contributed by atoms with Gasteiger partial charge in [-0.2, -0.15) is 0 Å². The lowest BCUT2D eigenvalue weighted by Gasteiger charge is -2.38. The molecule has 4 nitrogen and oxygen atoms in total. The van der Waals surface area contributed by atoms with Crippen molar-refractivity contribution in [3.05, 3.63) is 22.4 Å². The molecular formula is C17H26N2O2S. The van der Waals surface area contributed by atoms with Crippen LogP contribution in [0.15, 0.2) is 17.5 Å². The first-order valence-corrected chi connectivity index (χ1v) is 9.18. The summed E-state index contributed by atoms with van der Waals surface area (Å²) < 4.78 is 5.50. The first-order chi connectivity index (χ1) is 10.7. The van der Waals surface area contributed by atoms with Crippen LogP contribution in [0.25, 0.3) is 0 Å². The second kappa shape index (κ2) is 7.57. The van der Waals surface area contributed by atoms with Crippen LogP contribution in [0.2, 0.25) is 0 Å². The molecule has 0 spiro atoms. The Bertz CT molecular complexity index is 463. The number of hydrogen-bond acceptors (Lipinski definition) is 4. The molecule has 2 saturated heterocycles. The summed E-state index contributed by atoms with van der Waals surface area (Å²) in [5, 5.41) is 2.05. The highest BCUT2D eigenvalue weighted by atomic mass is 32.1. The monoisotopic (exact) mass is 322 g/mol. The van der Waals surface area contributed by atoms with Crippen molar-refractivity contribution in [2.45, 2.75) is 31.7 Å². The van der Waals surface area contributed by atoms with Crippen LogP contribution in [0.4, 0.5) is 0 Å². The average molecular weight is 322 g/mol. The van der Waals surface area contributed by atoms with E-state index >= 15 is 0 Å². The summed E-state index contributed by atoms with van der Waals surface area (Å²) in [5.41, 5.74) is 0. The molecule has 5 heteroatoms. The van der Waals surface area contributed by atoms with Crippen LogP contribution in [0.5, 0.6) is 0 Å². The third-order valence-corrected chi connectivity index (χ3v) is 5.71. The predicted octanol–water partition coefficient (Wildman–Crippen LogP) is 2.25. The lowest BCUT2D eigenvalue weighted by molar-refractivity contribution is -0.134. The Morgan fingerprint density at radius 1 is 1.41 bits per heavy atom. The zero-order chi connectivity index (χ0) is 15.4. The molecule has 2 aliphatic rings. The standard InChI is InChI=1S/C17H26N2O2S/c1-18-7-4-15(5-8-18)19(12-14-6-9-21-13-14)17(20)11-16-3-2-10-22-16/h2-3,10,14-15H,4-9,11-13H2,1H3. The van der Waals surface area contributed by atoms with Crippen LogP contribution < -0.4 is 0 Å². The Kier molecular flexibility index (Phi) is 5.50. The van der Waals surface area contributed by atoms with Crippen LogP contribution in [-0.4, -0.2) is 61.6 Å². The lowest BCUT2D eigenvalue weighted by atomic mass is 10.00. The molecule has 122 valence electrons. The van der Waals surface area contributed by atoms with Gasteiger partial charge in [-0.25, -0.2) is 0 Å². The molecule has 2 fully saturated rings. The SMILES string of the molecule is CN1CCC(N(CC2CCOC2)C(=O)Cc2cccs2)CC1. The molecule has 0 aromatic carbocycles. The smallest absolute Gasteiger partial charge is 0.228 e. The van der Waals surface area contributed by atoms with E-state index in [1.807, 2.05) is 11.4 Å². The normalized spacial score (nSPS) is 23.8. The summed E-state index contributed by atoms with van der Waals surface area (Å²) in [6, 6.07) is 4.50. The number of carbonyl (C=O) groups excluding carboxylic acids is 1. The first-order valence-electron chi connectivity index (χ1n) is 8.30. The summed E-state index contributed by atoms with van der Waals surface area (Å²) in [7, 11) is 2.17. The molecule has 0 aliphatic carbocycles. The highest BCUT2D eigenvalue weighted by Gasteiger charge is 2.30. The summed E-state index contributed by atoms with van der Waals surface area (Å²) in [5.74, 6) is 0.816. The van der Waals surface area contributed by atoms with Gasteiger partial charge in [0, 0.05) is 30.0 Å². The maximum Gasteiger partial charge on any atom is 0.228 e. The van der Waals surface area contributed by atoms with Crippen LogP contribution in [0.1, 0.15) is 24.1 Å². The summed E-state index contributed by atoms with van der Waals surface area (Å²) >= 11 is 1.68. The van der Waals surface area contributed by atoms with E-state index in [1.165, 1.54) is 4.88 Å². The van der Waals surface area contributed by atoms with Gasteiger partial charge in [0.1, 0.15) is 0 Å². The van der Waals surface area contributed by atoms with E-state index in [4.69, 9.17) is 4.74 Å². The van der Waals surface area contributed by atoms with Gasteiger partial charge in [0.25, 0.3) is 0 Å². The van der Waals surface area contributed by atoms with E-state index in [1.54, 1.807) is 11.3 Å². The van der Waals surface area contributed by atoms with Crippen molar-refractivity contribution < 1.29 is 9.53 Å². The molecule has 3 rings (SSSR count). The number of carbonyl (C=O) groups is 1. The molecule has 1 amide bonds. The molecule has 1 unspecified atom stereocenters. The molecule has 0 radical (unpaired) electrons. The third-order valence-electron chi connectivity index (χ3n) is 4.83. The second-order valence-electron chi connectivity index (χ2n) is 6.57. The number of rotatable bonds is 5. The van der Waals surface area contributed by atoms with Crippen molar-refractivity contribution in [1.29, 1.82) is 0 Å². The fourth-order valence-corrected chi connectivity index (χ4v) is 4.13. The Hall–Kier alpha value is -0.910. The molecule has 1 atom stereocenters. The van der Waals surface area contributed by atoms with Gasteiger partial charge in [-0.15, -0.1) is 11.3 Å².